The molecule has 11 atom stereocenters. The molecule has 0 aliphatic heterocycles. The van der Waals surface area contributed by atoms with Gasteiger partial charge in [0.25, 0.3) is 0 Å². The van der Waals surface area contributed by atoms with E-state index in [0.717, 1.165) is 37.7 Å². The lowest BCUT2D eigenvalue weighted by atomic mass is 9.41. The Morgan fingerprint density at radius 1 is 1.08 bits per heavy atom. The number of carbonyl (C=O) groups is 1. The summed E-state index contributed by atoms with van der Waals surface area (Å²) in [5.74, 6) is 2.85. The van der Waals surface area contributed by atoms with Gasteiger partial charge in [0.05, 0.1) is 19.3 Å². The Bertz CT molecular complexity index is 1080. The minimum absolute atomic E-state index is 0.0558. The Kier molecular flexibility index (Phi) is 7.98. The number of hydrogen-bond donors (Lipinski definition) is 3. The quantitative estimate of drug-likeness (QED) is 0.345. The Balaban J connectivity index is 1.30. The zero-order chi connectivity index (χ0) is 28.1. The van der Waals surface area contributed by atoms with Gasteiger partial charge in [0, 0.05) is 0 Å². The van der Waals surface area contributed by atoms with Gasteiger partial charge < -0.3 is 20.1 Å². The fraction of sp³-hybridized carbons (Fsp3) is 0.735. The van der Waals surface area contributed by atoms with Gasteiger partial charge in [-0.15, -0.1) is 0 Å². The molecule has 5 nitrogen and oxygen atoms in total. The number of aliphatic hydroxyl groups is 2. The van der Waals surface area contributed by atoms with E-state index in [-0.39, 0.29) is 34.4 Å². The molecule has 0 bridgehead atoms. The third kappa shape index (κ3) is 4.76. The van der Waals surface area contributed by atoms with Crippen LogP contribution in [0.1, 0.15) is 101 Å². The molecule has 0 amide bonds. The van der Waals surface area contributed by atoms with Crippen molar-refractivity contribution in [2.45, 2.75) is 97.7 Å². The molecule has 1 aromatic rings. The summed E-state index contributed by atoms with van der Waals surface area (Å²) in [5, 5.41) is 32.7. The number of carbonyl (C=O) groups excluding carboxylic acids is 1. The van der Waals surface area contributed by atoms with Crippen molar-refractivity contribution in [1.82, 2.24) is 0 Å². The molecule has 4 aliphatic carbocycles. The van der Waals surface area contributed by atoms with Gasteiger partial charge in [-0.3, -0.25) is 0 Å². The largest absolute Gasteiger partial charge is 0.507 e. The molecule has 0 saturated heterocycles. The third-order valence-electron chi connectivity index (χ3n) is 12.4. The molecule has 5 rings (SSSR count). The minimum atomic E-state index is -0.533. The number of methoxy groups -OCH3 is 1. The van der Waals surface area contributed by atoms with Crippen LogP contribution in [0.5, 0.6) is 5.75 Å². The highest BCUT2D eigenvalue weighted by atomic mass is 16.5. The van der Waals surface area contributed by atoms with E-state index >= 15 is 0 Å². The van der Waals surface area contributed by atoms with Crippen molar-refractivity contribution in [3.05, 3.63) is 35.4 Å². The molecule has 5 heteroatoms. The molecule has 0 aromatic heterocycles. The van der Waals surface area contributed by atoms with Crippen LogP contribution in [-0.4, -0.2) is 40.6 Å². The van der Waals surface area contributed by atoms with E-state index in [1.165, 1.54) is 32.8 Å². The van der Waals surface area contributed by atoms with Crippen LogP contribution < -0.4 is 0 Å². The highest BCUT2D eigenvalue weighted by molar-refractivity contribution is 5.92. The number of allylic oxidation sites excluding steroid dienone is 1. The Morgan fingerprint density at radius 2 is 1.79 bits per heavy atom. The number of hydrogen-bond acceptors (Lipinski definition) is 5. The van der Waals surface area contributed by atoms with Crippen molar-refractivity contribution < 1.29 is 24.9 Å². The molecule has 1 aromatic carbocycles. The lowest BCUT2D eigenvalue weighted by Crippen LogP contribution is -2.62. The van der Waals surface area contributed by atoms with Gasteiger partial charge in [-0.1, -0.05) is 52.3 Å². The first kappa shape index (κ1) is 28.7. The summed E-state index contributed by atoms with van der Waals surface area (Å²) in [6.45, 7) is 9.67. The highest BCUT2D eigenvalue weighted by Gasteiger charge is 2.64. The number of phenolic OH excluding ortho intramolecular Hbond substituents is 1. The maximum atomic E-state index is 11.9. The summed E-state index contributed by atoms with van der Waals surface area (Å²) in [6, 6.07) is 5.07. The van der Waals surface area contributed by atoms with Gasteiger partial charge in [0.2, 0.25) is 0 Å². The number of phenols is 1. The van der Waals surface area contributed by atoms with Gasteiger partial charge in [0.15, 0.2) is 0 Å². The van der Waals surface area contributed by atoms with E-state index in [4.69, 9.17) is 4.74 Å². The van der Waals surface area contributed by atoms with Gasteiger partial charge in [0.1, 0.15) is 11.3 Å². The SMILES string of the molecule is CC[C@H]1[C@@H](O)[C@@H]2[C@H](CC[C@]3(C)[C@@H]([C@H](C)C/C=C/c4ccc(C(=O)OC)c(O)c4)CC[C@@H]23)[C@@]2(C)CC[C@@H](O)C[C@@H]12. The van der Waals surface area contributed by atoms with E-state index in [9.17, 15) is 20.1 Å². The lowest BCUT2D eigenvalue weighted by Gasteiger charge is -2.64. The van der Waals surface area contributed by atoms with Crippen molar-refractivity contribution in [3.8, 4) is 5.75 Å². The van der Waals surface area contributed by atoms with Crippen LogP contribution >= 0.6 is 0 Å². The standard InChI is InChI=1S/C34H50O5/c1-6-23-28-19-22(35)14-16-34(28,4)27-15-17-33(3)25(12-13-26(33)30(27)31(23)37)20(2)8-7-9-21-10-11-24(29(36)18-21)32(38)39-5/h7,9-11,18,20,22-23,25-28,30-31,35-37H,6,8,12-17,19H2,1-5H3/b9-7+/t20-,22-,23-,25-,26+,27+,28+,30+,31-,33-,34-/m1/s1. The van der Waals surface area contributed by atoms with E-state index in [0.29, 0.717) is 41.4 Å². The number of benzene rings is 1. The van der Waals surface area contributed by atoms with Crippen molar-refractivity contribution in [2.24, 2.45) is 52.3 Å². The molecular weight excluding hydrogens is 488 g/mol. The smallest absolute Gasteiger partial charge is 0.341 e. The van der Waals surface area contributed by atoms with Crippen molar-refractivity contribution in [2.75, 3.05) is 7.11 Å². The van der Waals surface area contributed by atoms with Gasteiger partial charge in [-0.05, 0) is 121 Å². The van der Waals surface area contributed by atoms with Gasteiger partial charge >= 0.3 is 5.97 Å². The Hall–Kier alpha value is -1.85. The number of esters is 1. The van der Waals surface area contributed by atoms with E-state index in [1.54, 1.807) is 12.1 Å². The molecule has 39 heavy (non-hydrogen) atoms. The van der Waals surface area contributed by atoms with Crippen LogP contribution in [0.2, 0.25) is 0 Å². The molecule has 3 N–H and O–H groups in total. The van der Waals surface area contributed by atoms with Crippen molar-refractivity contribution in [1.29, 1.82) is 0 Å². The zero-order valence-electron chi connectivity index (χ0n) is 24.6. The van der Waals surface area contributed by atoms with Crippen LogP contribution in [-0.2, 0) is 4.74 Å². The zero-order valence-corrected chi connectivity index (χ0v) is 24.6. The second kappa shape index (κ2) is 10.9. The van der Waals surface area contributed by atoms with E-state index in [2.05, 4.69) is 33.8 Å². The third-order valence-corrected chi connectivity index (χ3v) is 12.4. The molecule has 4 fully saturated rings. The Morgan fingerprint density at radius 3 is 2.49 bits per heavy atom. The average Bonchev–Trinajstić information content (AvgIpc) is 3.26. The first-order chi connectivity index (χ1) is 18.5. The molecule has 4 saturated carbocycles. The number of aromatic hydroxyl groups is 1. The molecular formula is C34H50O5. The highest BCUT2D eigenvalue weighted by Crippen LogP contribution is 2.69. The maximum absolute atomic E-state index is 11.9. The molecule has 4 aliphatic rings. The van der Waals surface area contributed by atoms with Crippen molar-refractivity contribution >= 4 is 12.0 Å². The predicted octanol–water partition coefficient (Wildman–Crippen LogP) is 6.84. The fourth-order valence-corrected chi connectivity index (χ4v) is 10.5. The normalized spacial score (nSPS) is 42.4. The minimum Gasteiger partial charge on any atom is -0.507 e. The first-order valence-electron chi connectivity index (χ1n) is 15.5. The summed E-state index contributed by atoms with van der Waals surface area (Å²) in [6.07, 6.45) is 13.6. The topological polar surface area (TPSA) is 87.0 Å². The van der Waals surface area contributed by atoms with Gasteiger partial charge in [-0.25, -0.2) is 4.79 Å². The molecule has 216 valence electrons. The summed E-state index contributed by atoms with van der Waals surface area (Å²) >= 11 is 0. The average molecular weight is 539 g/mol. The van der Waals surface area contributed by atoms with E-state index in [1.807, 2.05) is 12.1 Å². The summed E-state index contributed by atoms with van der Waals surface area (Å²) < 4.78 is 4.72. The molecule has 0 heterocycles. The van der Waals surface area contributed by atoms with Crippen molar-refractivity contribution in [3.63, 3.8) is 0 Å². The molecule has 0 radical (unpaired) electrons. The summed E-state index contributed by atoms with van der Waals surface area (Å²) in [7, 11) is 1.31. The molecule has 0 unspecified atom stereocenters. The van der Waals surface area contributed by atoms with Crippen LogP contribution in [0, 0.1) is 52.3 Å². The number of aliphatic hydroxyl groups excluding tert-OH is 2. The fourth-order valence-electron chi connectivity index (χ4n) is 10.5. The maximum Gasteiger partial charge on any atom is 0.341 e. The van der Waals surface area contributed by atoms with Crippen LogP contribution in [0.15, 0.2) is 24.3 Å². The Labute approximate surface area is 235 Å². The van der Waals surface area contributed by atoms with Crippen LogP contribution in [0.3, 0.4) is 0 Å². The first-order valence-corrected chi connectivity index (χ1v) is 15.5. The summed E-state index contributed by atoms with van der Waals surface area (Å²) in [5.41, 5.74) is 1.56. The number of ether oxygens (including phenoxy) is 1. The summed E-state index contributed by atoms with van der Waals surface area (Å²) in [4.78, 5) is 11.8. The predicted molar refractivity (Wildman–Crippen MR) is 154 cm³/mol. The monoisotopic (exact) mass is 538 g/mol. The number of rotatable bonds is 6. The molecule has 0 spiro atoms. The lowest BCUT2D eigenvalue weighted by molar-refractivity contribution is -0.203. The van der Waals surface area contributed by atoms with Gasteiger partial charge in [-0.2, -0.15) is 0 Å². The van der Waals surface area contributed by atoms with Crippen LogP contribution in [0.4, 0.5) is 0 Å². The van der Waals surface area contributed by atoms with E-state index < -0.39 is 5.97 Å². The van der Waals surface area contributed by atoms with Crippen LogP contribution in [0.25, 0.3) is 6.08 Å². The number of fused-ring (bicyclic) bond motifs is 5. The second-order valence-corrected chi connectivity index (χ2v) is 14.0. The second-order valence-electron chi connectivity index (χ2n) is 14.0.